The van der Waals surface area contributed by atoms with Crippen LogP contribution in [0.2, 0.25) is 0 Å². The Balaban J connectivity index is 2.97. The lowest BCUT2D eigenvalue weighted by Crippen LogP contribution is -1.98. The van der Waals surface area contributed by atoms with Gasteiger partial charge in [-0.25, -0.2) is 0 Å². The molecule has 0 bridgehead atoms. The van der Waals surface area contributed by atoms with Crippen LogP contribution in [0.25, 0.3) is 10.8 Å². The maximum atomic E-state index is 10.9. The molecule has 16 heavy (non-hydrogen) atoms. The average molecular weight is 240 g/mol. The Morgan fingerprint density at radius 2 is 1.56 bits per heavy atom. The van der Waals surface area contributed by atoms with Gasteiger partial charge in [-0.1, -0.05) is 24.3 Å². The van der Waals surface area contributed by atoms with E-state index in [1.54, 1.807) is 12.1 Å². The monoisotopic (exact) mass is 240 g/mol. The lowest BCUT2D eigenvalue weighted by molar-refractivity contribution is 0.440. The SMILES string of the molecule is O=S(=O)(O)c1cc(O)c2ccccc2c1O. The fourth-order valence-corrected chi connectivity index (χ4v) is 2.13. The van der Waals surface area contributed by atoms with Gasteiger partial charge in [-0.3, -0.25) is 4.55 Å². The standard InChI is InChI=1S/C10H8O5S/c11-8-5-9(16(13,14)15)10(12)7-4-2-1-3-6(7)8/h1-5,11-12H,(H,13,14,15). The van der Waals surface area contributed by atoms with E-state index < -0.39 is 20.8 Å². The Morgan fingerprint density at radius 3 is 2.12 bits per heavy atom. The van der Waals surface area contributed by atoms with Crippen molar-refractivity contribution in [2.24, 2.45) is 0 Å². The molecule has 6 heteroatoms. The van der Waals surface area contributed by atoms with Crippen LogP contribution in [0.5, 0.6) is 11.5 Å². The van der Waals surface area contributed by atoms with Gasteiger partial charge in [0.1, 0.15) is 16.4 Å². The third-order valence-corrected chi connectivity index (χ3v) is 3.10. The number of hydrogen-bond acceptors (Lipinski definition) is 4. The number of fused-ring (bicyclic) bond motifs is 1. The molecule has 0 spiro atoms. The molecule has 0 aliphatic rings. The maximum absolute atomic E-state index is 10.9. The molecule has 0 saturated carbocycles. The van der Waals surface area contributed by atoms with Gasteiger partial charge in [-0.05, 0) is 0 Å². The first-order valence-electron chi connectivity index (χ1n) is 4.32. The molecule has 0 fully saturated rings. The number of hydrogen-bond donors (Lipinski definition) is 3. The van der Waals surface area contributed by atoms with E-state index >= 15 is 0 Å². The fraction of sp³-hybridized carbons (Fsp3) is 0. The Labute approximate surface area is 91.3 Å². The van der Waals surface area contributed by atoms with Crippen molar-refractivity contribution in [2.75, 3.05) is 0 Å². The molecule has 0 radical (unpaired) electrons. The number of aromatic hydroxyl groups is 2. The molecule has 2 aromatic rings. The largest absolute Gasteiger partial charge is 0.507 e. The highest BCUT2D eigenvalue weighted by Gasteiger charge is 2.19. The summed E-state index contributed by atoms with van der Waals surface area (Å²) in [5.41, 5.74) is 0. The Bertz CT molecular complexity index is 660. The summed E-state index contributed by atoms with van der Waals surface area (Å²) in [5.74, 6) is -0.892. The van der Waals surface area contributed by atoms with Crippen LogP contribution in [0.1, 0.15) is 0 Å². The summed E-state index contributed by atoms with van der Waals surface area (Å²) in [4.78, 5) is -0.705. The van der Waals surface area contributed by atoms with Gasteiger partial charge in [0.2, 0.25) is 0 Å². The summed E-state index contributed by atoms with van der Waals surface area (Å²) < 4.78 is 30.7. The van der Waals surface area contributed by atoms with E-state index in [1.807, 2.05) is 0 Å². The van der Waals surface area contributed by atoms with Gasteiger partial charge in [0.15, 0.2) is 0 Å². The van der Waals surface area contributed by atoms with E-state index in [2.05, 4.69) is 0 Å². The predicted molar refractivity (Wildman–Crippen MR) is 57.1 cm³/mol. The highest BCUT2D eigenvalue weighted by Crippen LogP contribution is 2.37. The van der Waals surface area contributed by atoms with E-state index in [1.165, 1.54) is 12.1 Å². The van der Waals surface area contributed by atoms with Crippen molar-refractivity contribution < 1.29 is 23.2 Å². The first-order chi connectivity index (χ1) is 7.41. The van der Waals surface area contributed by atoms with Crippen LogP contribution in [-0.2, 0) is 10.1 Å². The number of benzene rings is 2. The van der Waals surface area contributed by atoms with Gasteiger partial charge in [-0.2, -0.15) is 8.42 Å². The molecule has 0 amide bonds. The summed E-state index contributed by atoms with van der Waals surface area (Å²) in [6.07, 6.45) is 0. The van der Waals surface area contributed by atoms with Crippen LogP contribution in [0.15, 0.2) is 35.2 Å². The van der Waals surface area contributed by atoms with Crippen LogP contribution in [0, 0.1) is 0 Å². The second kappa shape index (κ2) is 3.36. The topological polar surface area (TPSA) is 94.8 Å². The molecule has 0 saturated heterocycles. The van der Waals surface area contributed by atoms with Crippen LogP contribution in [0.3, 0.4) is 0 Å². The van der Waals surface area contributed by atoms with Crippen LogP contribution < -0.4 is 0 Å². The van der Waals surface area contributed by atoms with Gasteiger partial charge >= 0.3 is 0 Å². The van der Waals surface area contributed by atoms with Crippen molar-refractivity contribution >= 4 is 20.9 Å². The van der Waals surface area contributed by atoms with Crippen LogP contribution >= 0.6 is 0 Å². The zero-order valence-electron chi connectivity index (χ0n) is 7.95. The highest BCUT2D eigenvalue weighted by molar-refractivity contribution is 7.86. The van der Waals surface area contributed by atoms with Crippen molar-refractivity contribution in [1.82, 2.24) is 0 Å². The summed E-state index contributed by atoms with van der Waals surface area (Å²) in [6, 6.07) is 6.99. The first kappa shape index (κ1) is 10.7. The maximum Gasteiger partial charge on any atom is 0.298 e. The number of phenolic OH excluding ortho intramolecular Hbond substituents is 2. The number of phenols is 2. The minimum absolute atomic E-state index is 0.162. The Kier molecular flexibility index (Phi) is 2.25. The van der Waals surface area contributed by atoms with Crippen molar-refractivity contribution in [3.8, 4) is 11.5 Å². The minimum atomic E-state index is -4.56. The Hall–Kier alpha value is -1.79. The van der Waals surface area contributed by atoms with Gasteiger partial charge in [-0.15, -0.1) is 0 Å². The zero-order chi connectivity index (χ0) is 11.9. The molecule has 0 aromatic heterocycles. The van der Waals surface area contributed by atoms with Crippen molar-refractivity contribution in [3.63, 3.8) is 0 Å². The van der Waals surface area contributed by atoms with E-state index in [0.717, 1.165) is 6.07 Å². The summed E-state index contributed by atoms with van der Waals surface area (Å²) in [7, 11) is -4.56. The Morgan fingerprint density at radius 1 is 1.00 bits per heavy atom. The molecular weight excluding hydrogens is 232 g/mol. The van der Waals surface area contributed by atoms with E-state index in [0.29, 0.717) is 5.39 Å². The summed E-state index contributed by atoms with van der Waals surface area (Å²) in [5, 5.41) is 19.7. The average Bonchev–Trinajstić information content (AvgIpc) is 2.22. The molecular formula is C10H8O5S. The predicted octanol–water partition coefficient (Wildman–Crippen LogP) is 1.50. The van der Waals surface area contributed by atoms with E-state index in [4.69, 9.17) is 4.55 Å². The third kappa shape index (κ3) is 1.58. The lowest BCUT2D eigenvalue weighted by atomic mass is 10.1. The second-order valence-corrected chi connectivity index (χ2v) is 4.65. The van der Waals surface area contributed by atoms with Crippen molar-refractivity contribution in [3.05, 3.63) is 30.3 Å². The van der Waals surface area contributed by atoms with Crippen LogP contribution in [-0.4, -0.2) is 23.2 Å². The smallest absolute Gasteiger partial charge is 0.298 e. The van der Waals surface area contributed by atoms with Gasteiger partial charge < -0.3 is 10.2 Å². The van der Waals surface area contributed by atoms with Gasteiger partial charge in [0, 0.05) is 16.8 Å². The fourth-order valence-electron chi connectivity index (χ4n) is 1.51. The number of rotatable bonds is 1. The molecule has 5 nitrogen and oxygen atoms in total. The molecule has 0 aliphatic heterocycles. The van der Waals surface area contributed by atoms with Gasteiger partial charge in [0.25, 0.3) is 10.1 Å². The minimum Gasteiger partial charge on any atom is -0.507 e. The lowest BCUT2D eigenvalue weighted by Gasteiger charge is -2.07. The zero-order valence-corrected chi connectivity index (χ0v) is 8.77. The molecule has 0 atom stereocenters. The molecule has 0 unspecified atom stereocenters. The first-order valence-corrected chi connectivity index (χ1v) is 5.76. The van der Waals surface area contributed by atoms with Crippen molar-refractivity contribution in [1.29, 1.82) is 0 Å². The molecule has 2 aromatic carbocycles. The quantitative estimate of drug-likeness (QED) is 0.518. The molecule has 0 heterocycles. The van der Waals surface area contributed by atoms with E-state index in [-0.39, 0.29) is 11.1 Å². The van der Waals surface area contributed by atoms with Crippen LogP contribution in [0.4, 0.5) is 0 Å². The van der Waals surface area contributed by atoms with Gasteiger partial charge in [0.05, 0.1) is 0 Å². The molecule has 2 rings (SSSR count). The molecule has 3 N–H and O–H groups in total. The van der Waals surface area contributed by atoms with E-state index in [9.17, 15) is 18.6 Å². The normalized spacial score (nSPS) is 11.8. The molecule has 84 valence electrons. The highest BCUT2D eigenvalue weighted by atomic mass is 32.2. The summed E-state index contributed by atoms with van der Waals surface area (Å²) in [6.45, 7) is 0. The van der Waals surface area contributed by atoms with Crippen molar-refractivity contribution in [2.45, 2.75) is 4.90 Å². The third-order valence-electron chi connectivity index (χ3n) is 2.24. The summed E-state index contributed by atoms with van der Waals surface area (Å²) >= 11 is 0. The molecule has 0 aliphatic carbocycles. The second-order valence-electron chi connectivity index (χ2n) is 3.26.